The molecule has 0 spiro atoms. The van der Waals surface area contributed by atoms with Crippen LogP contribution in [0.5, 0.6) is 0 Å². The van der Waals surface area contributed by atoms with Crippen molar-refractivity contribution in [1.82, 2.24) is 19.7 Å². The van der Waals surface area contributed by atoms with Crippen molar-refractivity contribution in [3.05, 3.63) is 64.1 Å². The predicted octanol–water partition coefficient (Wildman–Crippen LogP) is 3.29. The number of halogens is 1. The summed E-state index contributed by atoms with van der Waals surface area (Å²) in [7, 11) is 0. The second-order valence-corrected chi connectivity index (χ2v) is 5.98. The number of carbonyl (C=O) groups excluding carboxylic acids is 1. The van der Waals surface area contributed by atoms with Crippen LogP contribution in [0.15, 0.2) is 47.2 Å². The number of nitrogens with one attached hydrogen (secondary N) is 1. The topological polar surface area (TPSA) is 72.7 Å². The Hall–Kier alpha value is -2.54. The fourth-order valence-electron chi connectivity index (χ4n) is 2.21. The second kappa shape index (κ2) is 6.29. The van der Waals surface area contributed by atoms with Crippen molar-refractivity contribution in [2.45, 2.75) is 13.8 Å². The van der Waals surface area contributed by atoms with Crippen molar-refractivity contribution in [3.8, 4) is 5.82 Å². The molecule has 0 saturated heterocycles. The third-order valence-corrected chi connectivity index (χ3v) is 3.70. The molecule has 0 aliphatic rings. The Balaban J connectivity index is 1.86. The molecule has 0 aliphatic heterocycles. The molecule has 0 aliphatic carbocycles. The van der Waals surface area contributed by atoms with Crippen molar-refractivity contribution < 1.29 is 4.79 Å². The van der Waals surface area contributed by atoms with E-state index in [-0.39, 0.29) is 5.91 Å². The summed E-state index contributed by atoms with van der Waals surface area (Å²) in [5.41, 5.74) is 2.41. The molecule has 0 fully saturated rings. The molecule has 0 radical (unpaired) electrons. The Labute approximate surface area is 141 Å². The second-order valence-electron chi connectivity index (χ2n) is 5.06. The largest absolute Gasteiger partial charge is 0.306 e. The van der Waals surface area contributed by atoms with E-state index < -0.39 is 0 Å². The van der Waals surface area contributed by atoms with Gasteiger partial charge >= 0.3 is 0 Å². The van der Waals surface area contributed by atoms with Crippen molar-refractivity contribution in [2.24, 2.45) is 0 Å². The van der Waals surface area contributed by atoms with Crippen molar-refractivity contribution in [3.63, 3.8) is 0 Å². The molecular weight excluding hydrogens is 358 g/mol. The van der Waals surface area contributed by atoms with Gasteiger partial charge in [0.1, 0.15) is 12.1 Å². The summed E-state index contributed by atoms with van der Waals surface area (Å²) in [6.45, 7) is 3.86. The normalized spacial score (nSPS) is 10.6. The van der Waals surface area contributed by atoms with Gasteiger partial charge in [0.25, 0.3) is 5.91 Å². The highest BCUT2D eigenvalue weighted by Crippen LogP contribution is 2.15. The fourth-order valence-corrected chi connectivity index (χ4v) is 2.61. The zero-order valence-electron chi connectivity index (χ0n) is 12.6. The van der Waals surface area contributed by atoms with Crippen LogP contribution in [0.3, 0.4) is 0 Å². The van der Waals surface area contributed by atoms with E-state index in [0.717, 1.165) is 15.9 Å². The Bertz CT molecular complexity index is 874. The van der Waals surface area contributed by atoms with Crippen LogP contribution in [0, 0.1) is 13.8 Å². The first-order valence-corrected chi connectivity index (χ1v) is 7.75. The number of anilines is 1. The lowest BCUT2D eigenvalue weighted by atomic mass is 10.2. The highest BCUT2D eigenvalue weighted by atomic mass is 79.9. The molecule has 6 nitrogen and oxygen atoms in total. The summed E-state index contributed by atoms with van der Waals surface area (Å²) >= 11 is 3.35. The van der Waals surface area contributed by atoms with E-state index in [1.54, 1.807) is 28.9 Å². The molecule has 0 unspecified atom stereocenters. The minimum Gasteiger partial charge on any atom is -0.306 e. The first-order valence-electron chi connectivity index (χ1n) is 6.95. The number of benzene rings is 1. The van der Waals surface area contributed by atoms with Gasteiger partial charge in [-0.3, -0.25) is 4.79 Å². The van der Waals surface area contributed by atoms with Gasteiger partial charge in [-0.15, -0.1) is 0 Å². The van der Waals surface area contributed by atoms with Crippen molar-refractivity contribution >= 4 is 27.7 Å². The summed E-state index contributed by atoms with van der Waals surface area (Å²) < 4.78 is 2.56. The standard InChI is InChI=1S/C16H14BrN5O/c1-10-6-11(2)22(21-10)15-8-14(18-9-19-15)20-16(23)12-4-3-5-13(17)7-12/h3-9H,1-2H3,(H,18,19,20,23). The molecule has 1 N–H and O–H groups in total. The number of rotatable bonds is 3. The van der Waals surface area contributed by atoms with Gasteiger partial charge in [-0.25, -0.2) is 14.6 Å². The number of nitrogens with zero attached hydrogens (tertiary/aromatic N) is 4. The summed E-state index contributed by atoms with van der Waals surface area (Å²) in [6.07, 6.45) is 1.41. The molecule has 0 atom stereocenters. The van der Waals surface area contributed by atoms with E-state index in [4.69, 9.17) is 0 Å². The summed E-state index contributed by atoms with van der Waals surface area (Å²) in [4.78, 5) is 20.6. The van der Waals surface area contributed by atoms with E-state index >= 15 is 0 Å². The average Bonchev–Trinajstić information content (AvgIpc) is 2.86. The smallest absolute Gasteiger partial charge is 0.256 e. The van der Waals surface area contributed by atoms with Crippen LogP contribution >= 0.6 is 15.9 Å². The molecule has 3 aromatic rings. The average molecular weight is 372 g/mol. The molecule has 0 bridgehead atoms. The lowest BCUT2D eigenvalue weighted by Crippen LogP contribution is -2.14. The number of aromatic nitrogens is 4. The Kier molecular flexibility index (Phi) is 4.20. The van der Waals surface area contributed by atoms with E-state index in [9.17, 15) is 4.79 Å². The number of carbonyl (C=O) groups is 1. The maximum absolute atomic E-state index is 12.3. The van der Waals surface area contributed by atoms with Crippen molar-refractivity contribution in [2.75, 3.05) is 5.32 Å². The Morgan fingerprint density at radius 1 is 1.17 bits per heavy atom. The third-order valence-electron chi connectivity index (χ3n) is 3.21. The van der Waals surface area contributed by atoms with Crippen LogP contribution in [0.25, 0.3) is 5.82 Å². The lowest BCUT2D eigenvalue weighted by molar-refractivity contribution is 0.102. The molecule has 1 aromatic carbocycles. The van der Waals surface area contributed by atoms with Gasteiger partial charge in [0.2, 0.25) is 0 Å². The summed E-state index contributed by atoms with van der Waals surface area (Å²) in [6, 6.07) is 10.8. The van der Waals surface area contributed by atoms with Gasteiger partial charge in [-0.1, -0.05) is 22.0 Å². The van der Waals surface area contributed by atoms with Gasteiger partial charge in [0, 0.05) is 21.8 Å². The highest BCUT2D eigenvalue weighted by molar-refractivity contribution is 9.10. The number of hydrogen-bond donors (Lipinski definition) is 1. The lowest BCUT2D eigenvalue weighted by Gasteiger charge is -2.07. The monoisotopic (exact) mass is 371 g/mol. The van der Waals surface area contributed by atoms with E-state index in [2.05, 4.69) is 36.3 Å². The van der Waals surface area contributed by atoms with Crippen LogP contribution in [0.2, 0.25) is 0 Å². The van der Waals surface area contributed by atoms with E-state index in [1.807, 2.05) is 26.0 Å². The van der Waals surface area contributed by atoms with Crippen LogP contribution in [-0.4, -0.2) is 25.7 Å². The molecule has 1 amide bonds. The number of aryl methyl sites for hydroxylation is 2. The minimum absolute atomic E-state index is 0.232. The first-order chi connectivity index (χ1) is 11.0. The number of hydrogen-bond acceptors (Lipinski definition) is 4. The Morgan fingerprint density at radius 2 is 2.00 bits per heavy atom. The van der Waals surface area contributed by atoms with Gasteiger partial charge in [-0.05, 0) is 38.1 Å². The molecule has 23 heavy (non-hydrogen) atoms. The molecule has 2 heterocycles. The van der Waals surface area contributed by atoms with Gasteiger partial charge in [-0.2, -0.15) is 5.10 Å². The van der Waals surface area contributed by atoms with E-state index in [0.29, 0.717) is 17.2 Å². The Morgan fingerprint density at radius 3 is 2.70 bits per heavy atom. The fraction of sp³-hybridized carbons (Fsp3) is 0.125. The zero-order chi connectivity index (χ0) is 16.4. The van der Waals surface area contributed by atoms with Crippen LogP contribution in [0.4, 0.5) is 5.82 Å². The van der Waals surface area contributed by atoms with Crippen LogP contribution in [-0.2, 0) is 0 Å². The van der Waals surface area contributed by atoms with Gasteiger partial charge in [0.15, 0.2) is 5.82 Å². The highest BCUT2D eigenvalue weighted by Gasteiger charge is 2.10. The quantitative estimate of drug-likeness (QED) is 0.766. The SMILES string of the molecule is Cc1cc(C)n(-c2cc(NC(=O)c3cccc(Br)c3)ncn2)n1. The van der Waals surface area contributed by atoms with Gasteiger partial charge < -0.3 is 5.32 Å². The maximum Gasteiger partial charge on any atom is 0.256 e. The molecular formula is C16H14BrN5O. The minimum atomic E-state index is -0.232. The summed E-state index contributed by atoms with van der Waals surface area (Å²) in [5, 5.41) is 7.15. The third kappa shape index (κ3) is 3.45. The molecule has 116 valence electrons. The van der Waals surface area contributed by atoms with Crippen molar-refractivity contribution in [1.29, 1.82) is 0 Å². The molecule has 0 saturated carbocycles. The van der Waals surface area contributed by atoms with Crippen LogP contribution in [0.1, 0.15) is 21.7 Å². The number of amides is 1. The molecule has 2 aromatic heterocycles. The van der Waals surface area contributed by atoms with Crippen LogP contribution < -0.4 is 5.32 Å². The maximum atomic E-state index is 12.3. The summed E-state index contributed by atoms with van der Waals surface area (Å²) in [5.74, 6) is 0.798. The molecule has 3 rings (SSSR count). The van der Waals surface area contributed by atoms with Gasteiger partial charge in [0.05, 0.1) is 5.69 Å². The van der Waals surface area contributed by atoms with E-state index in [1.165, 1.54) is 6.33 Å². The predicted molar refractivity (Wildman–Crippen MR) is 90.7 cm³/mol. The zero-order valence-corrected chi connectivity index (χ0v) is 14.2. The first kappa shape index (κ1) is 15.4. The molecule has 7 heteroatoms.